The van der Waals surface area contributed by atoms with Crippen LogP contribution in [0.4, 0.5) is 0 Å². The number of hydrogen-bond acceptors (Lipinski definition) is 11. The van der Waals surface area contributed by atoms with Gasteiger partial charge in [0.15, 0.2) is 6.10 Å². The molecule has 0 heterocycles. The van der Waals surface area contributed by atoms with Crippen LogP contribution < -0.4 is 0 Å². The van der Waals surface area contributed by atoms with Gasteiger partial charge in [-0.3, -0.25) is 13.8 Å². The number of carbonyl (C=O) groups excluding carboxylic acids is 1. The number of hydrogen-bond donors (Lipinski definition) is 6. The summed E-state index contributed by atoms with van der Waals surface area (Å²) in [7, 11) is -5.03. The fourth-order valence-electron chi connectivity index (χ4n) is 6.96. The highest BCUT2D eigenvalue weighted by molar-refractivity contribution is 7.47. The molecule has 0 bridgehead atoms. The van der Waals surface area contributed by atoms with Crippen molar-refractivity contribution in [1.82, 2.24) is 0 Å². The highest BCUT2D eigenvalue weighted by Gasteiger charge is 2.51. The molecule has 0 aromatic rings. The van der Waals surface area contributed by atoms with E-state index in [9.17, 15) is 39.8 Å². The van der Waals surface area contributed by atoms with Crippen molar-refractivity contribution in [3.8, 4) is 0 Å². The average molecular weight is 835 g/mol. The molecule has 0 aliphatic heterocycles. The Hall–Kier alpha value is -1.34. The monoisotopic (exact) mass is 835 g/mol. The first kappa shape index (κ1) is 53.7. The topological polar surface area (TPSA) is 192 Å². The molecule has 1 fully saturated rings. The van der Waals surface area contributed by atoms with Crippen LogP contribution in [0.3, 0.4) is 0 Å². The summed E-state index contributed by atoms with van der Waals surface area (Å²) in [6.45, 7) is 3.71. The maximum atomic E-state index is 12.8. The van der Waals surface area contributed by atoms with E-state index in [4.69, 9.17) is 18.5 Å². The van der Waals surface area contributed by atoms with Crippen LogP contribution in [0.15, 0.2) is 24.5 Å². The van der Waals surface area contributed by atoms with Crippen LogP contribution in [0, 0.1) is 0 Å². The Morgan fingerprint density at radius 1 is 0.544 bits per heavy atom. The molecule has 1 rings (SSSR count). The summed E-state index contributed by atoms with van der Waals surface area (Å²) in [6, 6.07) is 0. The number of esters is 1. The van der Waals surface area contributed by atoms with Crippen LogP contribution in [0.1, 0.15) is 194 Å². The largest absolute Gasteiger partial charge is 0.498 e. The second-order valence-electron chi connectivity index (χ2n) is 16.0. The van der Waals surface area contributed by atoms with Gasteiger partial charge in [-0.2, -0.15) is 0 Å². The minimum Gasteiger partial charge on any atom is -0.498 e. The molecule has 13 heteroatoms. The van der Waals surface area contributed by atoms with E-state index >= 15 is 0 Å². The summed E-state index contributed by atoms with van der Waals surface area (Å²) in [5, 5.41) is 50.1. The highest BCUT2D eigenvalue weighted by atomic mass is 31.2. The molecule has 0 spiro atoms. The Labute approximate surface area is 345 Å². The van der Waals surface area contributed by atoms with Gasteiger partial charge in [-0.1, -0.05) is 154 Å². The van der Waals surface area contributed by atoms with E-state index in [0.717, 1.165) is 57.8 Å². The van der Waals surface area contributed by atoms with Crippen LogP contribution in [0.2, 0.25) is 0 Å². The summed E-state index contributed by atoms with van der Waals surface area (Å²) in [5.41, 5.74) is 0. The molecule has 0 aromatic heterocycles. The Balaban J connectivity index is 2.44. The molecule has 8 atom stereocenters. The Bertz CT molecular complexity index is 1040. The van der Waals surface area contributed by atoms with Crippen molar-refractivity contribution < 1.29 is 58.3 Å². The first-order valence-electron chi connectivity index (χ1n) is 22.7. The van der Waals surface area contributed by atoms with Gasteiger partial charge in [-0.15, -0.1) is 0 Å². The number of carbonyl (C=O) groups is 1. The smallest absolute Gasteiger partial charge is 0.472 e. The number of unbranched alkanes of at least 4 members (excludes halogenated alkanes) is 24. The van der Waals surface area contributed by atoms with E-state index < -0.39 is 63.1 Å². The lowest BCUT2D eigenvalue weighted by molar-refractivity contribution is -0.220. The molecule has 0 aromatic carbocycles. The molecule has 0 amide bonds. The van der Waals surface area contributed by atoms with Crippen molar-refractivity contribution in [3.63, 3.8) is 0 Å². The van der Waals surface area contributed by atoms with E-state index in [0.29, 0.717) is 6.42 Å². The molecule has 1 aliphatic rings. The van der Waals surface area contributed by atoms with Crippen LogP contribution in [0.25, 0.3) is 0 Å². The fraction of sp³-hybridized carbons (Fsp3) is 0.886. The molecule has 12 nitrogen and oxygen atoms in total. The van der Waals surface area contributed by atoms with E-state index in [1.807, 2.05) is 6.08 Å². The third-order valence-corrected chi connectivity index (χ3v) is 11.6. The standard InChI is InChI=1S/C44H83O12P/c1-3-5-7-9-11-13-15-17-19-20-22-24-26-28-30-32-34-53-35-37(36-54-57(51,52)56-44-42(49)40(47)39(46)41(48)43(44)50)55-38(45)33-31-29-27-25-23-21-18-16-14-12-10-8-6-4-2/h16,18,32,34,37,39-44,46-50H,3-15,17,19-31,33,35-36H2,1-2H3,(H,51,52)/b18-16-,34-32-/t37-,39?,40-,41?,42?,43?,44?/m1/s1. The van der Waals surface area contributed by atoms with Gasteiger partial charge in [0, 0.05) is 6.42 Å². The summed E-state index contributed by atoms with van der Waals surface area (Å²) >= 11 is 0. The summed E-state index contributed by atoms with van der Waals surface area (Å²) in [4.78, 5) is 23.1. The summed E-state index contributed by atoms with van der Waals surface area (Å²) < 4.78 is 33.9. The molecule has 1 saturated carbocycles. The van der Waals surface area contributed by atoms with Gasteiger partial charge < -0.3 is 39.9 Å². The zero-order chi connectivity index (χ0) is 42.0. The van der Waals surface area contributed by atoms with Crippen molar-refractivity contribution in [2.75, 3.05) is 13.2 Å². The molecular formula is C44H83O12P. The van der Waals surface area contributed by atoms with Crippen molar-refractivity contribution >= 4 is 13.8 Å². The lowest BCUT2D eigenvalue weighted by atomic mass is 9.85. The number of allylic oxidation sites excluding steroid dienone is 3. The normalized spacial score (nSPS) is 22.9. The number of rotatable bonds is 38. The van der Waals surface area contributed by atoms with Crippen molar-refractivity contribution in [3.05, 3.63) is 24.5 Å². The second-order valence-corrected chi connectivity index (χ2v) is 17.4. The number of aliphatic hydroxyl groups excluding tert-OH is 5. The Morgan fingerprint density at radius 3 is 1.39 bits per heavy atom. The molecule has 6 unspecified atom stereocenters. The first-order chi connectivity index (χ1) is 27.5. The number of ether oxygens (including phenoxy) is 2. The first-order valence-corrected chi connectivity index (χ1v) is 24.2. The Kier molecular flexibility index (Phi) is 33.4. The van der Waals surface area contributed by atoms with Crippen molar-refractivity contribution in [2.45, 2.75) is 236 Å². The van der Waals surface area contributed by atoms with Gasteiger partial charge >= 0.3 is 13.8 Å². The fourth-order valence-corrected chi connectivity index (χ4v) is 7.94. The SMILES string of the molecule is CCCCCCC/C=C\CCCCCCCC(=O)O[C@H](CO/C=C\CCCCCCCCCCCCCCCC)COP(=O)(O)OC1C(O)C(O)C(O)[C@@H](O)C1O. The third kappa shape index (κ3) is 27.9. The number of phosphoric acid groups is 1. The number of phosphoric ester groups is 1. The minimum absolute atomic E-state index is 0.161. The van der Waals surface area contributed by atoms with Crippen LogP contribution in [-0.4, -0.2) is 92.3 Å². The van der Waals surface area contributed by atoms with E-state index in [2.05, 4.69) is 26.0 Å². The van der Waals surface area contributed by atoms with Crippen LogP contribution in [0.5, 0.6) is 0 Å². The van der Waals surface area contributed by atoms with Crippen LogP contribution in [-0.2, 0) is 27.9 Å². The molecule has 0 radical (unpaired) electrons. The summed E-state index contributed by atoms with van der Waals surface area (Å²) in [6.07, 6.45) is 27.6. The van der Waals surface area contributed by atoms with E-state index in [-0.39, 0.29) is 13.0 Å². The highest BCUT2D eigenvalue weighted by Crippen LogP contribution is 2.47. The quantitative estimate of drug-likeness (QED) is 0.0114. The maximum absolute atomic E-state index is 12.8. The predicted molar refractivity (Wildman–Crippen MR) is 225 cm³/mol. The van der Waals surface area contributed by atoms with Gasteiger partial charge in [-0.25, -0.2) is 4.57 Å². The van der Waals surface area contributed by atoms with Gasteiger partial charge in [0.25, 0.3) is 0 Å². The lowest BCUT2D eigenvalue weighted by Gasteiger charge is -2.41. The molecule has 0 saturated heterocycles. The zero-order valence-electron chi connectivity index (χ0n) is 35.6. The average Bonchev–Trinajstić information content (AvgIpc) is 3.19. The van der Waals surface area contributed by atoms with Gasteiger partial charge in [0.2, 0.25) is 0 Å². The molecule has 57 heavy (non-hydrogen) atoms. The van der Waals surface area contributed by atoms with E-state index in [1.54, 1.807) is 0 Å². The van der Waals surface area contributed by atoms with Crippen LogP contribution >= 0.6 is 7.82 Å². The third-order valence-electron chi connectivity index (χ3n) is 10.6. The Morgan fingerprint density at radius 2 is 0.930 bits per heavy atom. The predicted octanol–water partition coefficient (Wildman–Crippen LogP) is 9.27. The van der Waals surface area contributed by atoms with Gasteiger partial charge in [0.05, 0.1) is 12.9 Å². The van der Waals surface area contributed by atoms with E-state index in [1.165, 1.54) is 115 Å². The molecule has 336 valence electrons. The lowest BCUT2D eigenvalue weighted by Crippen LogP contribution is -2.64. The van der Waals surface area contributed by atoms with Gasteiger partial charge in [-0.05, 0) is 51.0 Å². The molecule has 1 aliphatic carbocycles. The van der Waals surface area contributed by atoms with Gasteiger partial charge in [0.1, 0.15) is 43.2 Å². The minimum atomic E-state index is -5.03. The van der Waals surface area contributed by atoms with Crippen molar-refractivity contribution in [2.24, 2.45) is 0 Å². The second kappa shape index (κ2) is 35.4. The number of aliphatic hydroxyl groups is 5. The molecule has 6 N–H and O–H groups in total. The maximum Gasteiger partial charge on any atom is 0.472 e. The zero-order valence-corrected chi connectivity index (χ0v) is 36.5. The molecular weight excluding hydrogens is 751 g/mol. The van der Waals surface area contributed by atoms with Crippen molar-refractivity contribution in [1.29, 1.82) is 0 Å². The summed E-state index contributed by atoms with van der Waals surface area (Å²) in [5.74, 6) is -0.507.